The van der Waals surface area contributed by atoms with Crippen molar-refractivity contribution in [1.82, 2.24) is 9.78 Å². The molecule has 0 amide bonds. The standard InChI is InChI=1S/C15H24N2O4/c1-5-7-8-21-14(18)10-13(15(19)20-6-2)17-12(4)9-11(3)16-17/h9,13H,5-8,10H2,1-4H3. The number of esters is 2. The molecule has 0 fully saturated rings. The number of rotatable bonds is 8. The number of carbonyl (C=O) groups excluding carboxylic acids is 2. The monoisotopic (exact) mass is 296 g/mol. The van der Waals surface area contributed by atoms with Gasteiger partial charge < -0.3 is 9.47 Å². The van der Waals surface area contributed by atoms with Crippen LogP contribution in [0.15, 0.2) is 6.07 Å². The first-order valence-corrected chi connectivity index (χ1v) is 7.34. The first kappa shape index (κ1) is 17.2. The Morgan fingerprint density at radius 3 is 2.52 bits per heavy atom. The molecule has 21 heavy (non-hydrogen) atoms. The highest BCUT2D eigenvalue weighted by molar-refractivity contribution is 5.81. The van der Waals surface area contributed by atoms with Crippen LogP contribution in [-0.2, 0) is 19.1 Å². The van der Waals surface area contributed by atoms with Crippen LogP contribution in [-0.4, -0.2) is 34.9 Å². The van der Waals surface area contributed by atoms with Gasteiger partial charge in [-0.05, 0) is 33.3 Å². The quantitative estimate of drug-likeness (QED) is 0.544. The fourth-order valence-electron chi connectivity index (χ4n) is 2.02. The minimum atomic E-state index is -0.771. The van der Waals surface area contributed by atoms with E-state index in [2.05, 4.69) is 5.10 Å². The van der Waals surface area contributed by atoms with Gasteiger partial charge in [0.05, 0.1) is 25.3 Å². The molecule has 0 radical (unpaired) electrons. The molecule has 1 heterocycles. The Bertz CT molecular complexity index is 482. The topological polar surface area (TPSA) is 70.4 Å². The predicted molar refractivity (Wildman–Crippen MR) is 77.9 cm³/mol. The Balaban J connectivity index is 2.81. The van der Waals surface area contributed by atoms with Gasteiger partial charge in [0, 0.05) is 5.69 Å². The first-order chi connectivity index (χ1) is 9.99. The van der Waals surface area contributed by atoms with Crippen LogP contribution >= 0.6 is 0 Å². The maximum absolute atomic E-state index is 12.1. The molecule has 1 atom stereocenters. The zero-order valence-corrected chi connectivity index (χ0v) is 13.2. The van der Waals surface area contributed by atoms with Gasteiger partial charge >= 0.3 is 11.9 Å². The van der Waals surface area contributed by atoms with E-state index in [-0.39, 0.29) is 13.0 Å². The number of aryl methyl sites for hydroxylation is 2. The number of carbonyl (C=O) groups is 2. The van der Waals surface area contributed by atoms with Crippen LogP contribution in [0.1, 0.15) is 50.5 Å². The maximum atomic E-state index is 12.1. The van der Waals surface area contributed by atoms with Crippen LogP contribution in [0.3, 0.4) is 0 Å². The van der Waals surface area contributed by atoms with E-state index in [1.165, 1.54) is 4.68 Å². The van der Waals surface area contributed by atoms with Crippen molar-refractivity contribution in [3.8, 4) is 0 Å². The normalized spacial score (nSPS) is 12.0. The van der Waals surface area contributed by atoms with Gasteiger partial charge in [-0.15, -0.1) is 0 Å². The third kappa shape index (κ3) is 5.21. The molecule has 0 saturated heterocycles. The Morgan fingerprint density at radius 1 is 1.29 bits per heavy atom. The highest BCUT2D eigenvalue weighted by atomic mass is 16.5. The second-order valence-electron chi connectivity index (χ2n) is 4.92. The van der Waals surface area contributed by atoms with E-state index < -0.39 is 18.0 Å². The number of aromatic nitrogens is 2. The van der Waals surface area contributed by atoms with E-state index >= 15 is 0 Å². The molecule has 0 saturated carbocycles. The fraction of sp³-hybridized carbons (Fsp3) is 0.667. The van der Waals surface area contributed by atoms with Gasteiger partial charge in [-0.3, -0.25) is 9.48 Å². The Hall–Kier alpha value is -1.85. The molecule has 0 aliphatic heterocycles. The van der Waals surface area contributed by atoms with Gasteiger partial charge in [-0.25, -0.2) is 4.79 Å². The van der Waals surface area contributed by atoms with Crippen molar-refractivity contribution in [3.63, 3.8) is 0 Å². The molecule has 0 aliphatic rings. The predicted octanol–water partition coefficient (Wildman–Crippen LogP) is 2.34. The van der Waals surface area contributed by atoms with Gasteiger partial charge in [0.1, 0.15) is 0 Å². The van der Waals surface area contributed by atoms with Crippen LogP contribution in [0.2, 0.25) is 0 Å². The molecule has 0 aromatic carbocycles. The van der Waals surface area contributed by atoms with E-state index in [1.807, 2.05) is 26.8 Å². The van der Waals surface area contributed by atoms with Crippen LogP contribution in [0.25, 0.3) is 0 Å². The Morgan fingerprint density at radius 2 is 2.00 bits per heavy atom. The van der Waals surface area contributed by atoms with Crippen molar-refractivity contribution in [2.75, 3.05) is 13.2 Å². The van der Waals surface area contributed by atoms with Gasteiger partial charge in [-0.1, -0.05) is 13.3 Å². The second kappa shape index (κ2) is 8.44. The molecule has 6 heteroatoms. The summed E-state index contributed by atoms with van der Waals surface area (Å²) in [6.45, 7) is 8.07. The van der Waals surface area contributed by atoms with E-state index in [9.17, 15) is 9.59 Å². The fourth-order valence-corrected chi connectivity index (χ4v) is 2.02. The molecule has 118 valence electrons. The minimum absolute atomic E-state index is 0.0650. The third-order valence-corrected chi connectivity index (χ3v) is 3.02. The Kier molecular flexibility index (Phi) is 6.91. The van der Waals surface area contributed by atoms with E-state index in [1.54, 1.807) is 6.92 Å². The van der Waals surface area contributed by atoms with Crippen molar-refractivity contribution in [2.24, 2.45) is 0 Å². The van der Waals surface area contributed by atoms with Crippen LogP contribution in [0, 0.1) is 13.8 Å². The van der Waals surface area contributed by atoms with Crippen molar-refractivity contribution in [1.29, 1.82) is 0 Å². The van der Waals surface area contributed by atoms with Crippen LogP contribution < -0.4 is 0 Å². The molecule has 6 nitrogen and oxygen atoms in total. The van der Waals surface area contributed by atoms with Crippen LogP contribution in [0.4, 0.5) is 0 Å². The summed E-state index contributed by atoms with van der Waals surface area (Å²) >= 11 is 0. The summed E-state index contributed by atoms with van der Waals surface area (Å²) < 4.78 is 11.7. The van der Waals surface area contributed by atoms with Gasteiger partial charge in [0.25, 0.3) is 0 Å². The zero-order chi connectivity index (χ0) is 15.8. The smallest absolute Gasteiger partial charge is 0.331 e. The molecule has 0 bridgehead atoms. The van der Waals surface area contributed by atoms with Gasteiger partial charge in [0.2, 0.25) is 0 Å². The lowest BCUT2D eigenvalue weighted by molar-refractivity contribution is -0.154. The molecule has 1 aromatic rings. The zero-order valence-electron chi connectivity index (χ0n) is 13.2. The summed E-state index contributed by atoms with van der Waals surface area (Å²) in [6.07, 6.45) is 1.70. The first-order valence-electron chi connectivity index (χ1n) is 7.34. The second-order valence-corrected chi connectivity index (χ2v) is 4.92. The average Bonchev–Trinajstić information content (AvgIpc) is 2.75. The maximum Gasteiger partial charge on any atom is 0.331 e. The van der Waals surface area contributed by atoms with Gasteiger partial charge in [-0.2, -0.15) is 5.10 Å². The summed E-state index contributed by atoms with van der Waals surface area (Å²) in [5, 5.41) is 4.27. The summed E-state index contributed by atoms with van der Waals surface area (Å²) in [4.78, 5) is 23.9. The largest absolute Gasteiger partial charge is 0.466 e. The lowest BCUT2D eigenvalue weighted by atomic mass is 10.2. The number of hydrogen-bond donors (Lipinski definition) is 0. The number of nitrogens with zero attached hydrogens (tertiary/aromatic N) is 2. The van der Waals surface area contributed by atoms with Crippen molar-refractivity contribution >= 4 is 11.9 Å². The van der Waals surface area contributed by atoms with E-state index in [4.69, 9.17) is 9.47 Å². The molecule has 0 aliphatic carbocycles. The van der Waals surface area contributed by atoms with E-state index in [0.717, 1.165) is 24.2 Å². The van der Waals surface area contributed by atoms with Crippen molar-refractivity contribution < 1.29 is 19.1 Å². The summed E-state index contributed by atoms with van der Waals surface area (Å²) in [6, 6.07) is 1.09. The van der Waals surface area contributed by atoms with E-state index in [0.29, 0.717) is 6.61 Å². The van der Waals surface area contributed by atoms with Crippen molar-refractivity contribution in [3.05, 3.63) is 17.5 Å². The average molecular weight is 296 g/mol. The lowest BCUT2D eigenvalue weighted by Gasteiger charge is -2.17. The number of unbranched alkanes of at least 4 members (excludes halogenated alkanes) is 1. The number of hydrogen-bond acceptors (Lipinski definition) is 5. The van der Waals surface area contributed by atoms with Gasteiger partial charge in [0.15, 0.2) is 6.04 Å². The lowest BCUT2D eigenvalue weighted by Crippen LogP contribution is -2.27. The highest BCUT2D eigenvalue weighted by Crippen LogP contribution is 2.18. The summed E-state index contributed by atoms with van der Waals surface area (Å²) in [5.41, 5.74) is 1.60. The summed E-state index contributed by atoms with van der Waals surface area (Å²) in [5.74, 6) is -0.870. The van der Waals surface area contributed by atoms with Crippen molar-refractivity contribution in [2.45, 2.75) is 53.0 Å². The highest BCUT2D eigenvalue weighted by Gasteiger charge is 2.28. The number of ether oxygens (including phenoxy) is 2. The molecular formula is C15H24N2O4. The summed E-state index contributed by atoms with van der Waals surface area (Å²) in [7, 11) is 0. The molecule has 0 spiro atoms. The van der Waals surface area contributed by atoms with Crippen LogP contribution in [0.5, 0.6) is 0 Å². The molecule has 1 unspecified atom stereocenters. The molecule has 1 aromatic heterocycles. The molecule has 1 rings (SSSR count). The molecular weight excluding hydrogens is 272 g/mol. The molecule has 0 N–H and O–H groups in total. The SMILES string of the molecule is CCCCOC(=O)CC(C(=O)OCC)n1nc(C)cc1C. The third-order valence-electron chi connectivity index (χ3n) is 3.02. The minimum Gasteiger partial charge on any atom is -0.466 e. The Labute approximate surface area is 125 Å².